The van der Waals surface area contributed by atoms with Crippen molar-refractivity contribution < 1.29 is 0 Å². The van der Waals surface area contributed by atoms with Crippen molar-refractivity contribution >= 4 is 28.8 Å². The fourth-order valence-electron chi connectivity index (χ4n) is 1.39. The lowest BCUT2D eigenvalue weighted by atomic mass is 10.2. The quantitative estimate of drug-likeness (QED) is 0.782. The van der Waals surface area contributed by atoms with E-state index in [0.717, 1.165) is 17.2 Å². The maximum Gasteiger partial charge on any atom is 0.130 e. The number of aryl methyl sites for hydroxylation is 1. The highest BCUT2D eigenvalue weighted by Crippen LogP contribution is 2.26. The molecule has 82 valence electrons. The molecule has 0 aliphatic heterocycles. The van der Waals surface area contributed by atoms with Gasteiger partial charge in [0.25, 0.3) is 0 Å². The highest BCUT2D eigenvalue weighted by molar-refractivity contribution is 6.33. The van der Waals surface area contributed by atoms with Crippen LogP contribution >= 0.6 is 11.6 Å². The van der Waals surface area contributed by atoms with Gasteiger partial charge in [-0.25, -0.2) is 4.98 Å². The average Bonchev–Trinajstić information content (AvgIpc) is 2.24. The Labute approximate surface area is 99.3 Å². The summed E-state index contributed by atoms with van der Waals surface area (Å²) >= 11 is 6.04. The molecule has 0 bridgehead atoms. The van der Waals surface area contributed by atoms with E-state index >= 15 is 0 Å². The minimum absolute atomic E-state index is 0.623. The van der Waals surface area contributed by atoms with E-state index in [1.807, 2.05) is 25.1 Å². The van der Waals surface area contributed by atoms with Crippen LogP contribution in [0.15, 0.2) is 36.4 Å². The first-order valence-electron chi connectivity index (χ1n) is 4.91. The lowest BCUT2D eigenvalue weighted by molar-refractivity contribution is 1.20. The average molecular weight is 234 g/mol. The van der Waals surface area contributed by atoms with Gasteiger partial charge in [-0.1, -0.05) is 17.7 Å². The van der Waals surface area contributed by atoms with Gasteiger partial charge in [-0.2, -0.15) is 0 Å². The van der Waals surface area contributed by atoms with Crippen LogP contribution in [0.2, 0.25) is 5.02 Å². The zero-order valence-electron chi connectivity index (χ0n) is 8.87. The summed E-state index contributed by atoms with van der Waals surface area (Å²) in [6.07, 6.45) is 0. The Morgan fingerprint density at radius 1 is 1.25 bits per heavy atom. The van der Waals surface area contributed by atoms with E-state index in [4.69, 9.17) is 17.3 Å². The molecule has 4 heteroatoms. The summed E-state index contributed by atoms with van der Waals surface area (Å²) in [5.41, 5.74) is 8.07. The second kappa shape index (κ2) is 4.41. The number of benzene rings is 1. The summed E-state index contributed by atoms with van der Waals surface area (Å²) in [7, 11) is 0. The lowest BCUT2D eigenvalue weighted by Gasteiger charge is -2.08. The molecule has 16 heavy (non-hydrogen) atoms. The molecule has 3 N–H and O–H groups in total. The molecule has 2 aromatic rings. The Kier molecular flexibility index (Phi) is 2.97. The molecule has 0 radical (unpaired) electrons. The number of nitrogens with two attached hydrogens (primary N) is 1. The molecule has 1 aromatic heterocycles. The van der Waals surface area contributed by atoms with E-state index in [1.165, 1.54) is 0 Å². The summed E-state index contributed by atoms with van der Waals surface area (Å²) in [5.74, 6) is 0.757. The van der Waals surface area contributed by atoms with E-state index in [0.29, 0.717) is 10.7 Å². The van der Waals surface area contributed by atoms with Crippen molar-refractivity contribution in [3.63, 3.8) is 0 Å². The van der Waals surface area contributed by atoms with Crippen molar-refractivity contribution in [1.29, 1.82) is 0 Å². The Morgan fingerprint density at radius 2 is 2.06 bits per heavy atom. The molecular formula is C12H12ClN3. The summed E-state index contributed by atoms with van der Waals surface area (Å²) in [6.45, 7) is 1.94. The second-order valence-electron chi connectivity index (χ2n) is 3.53. The molecule has 0 spiro atoms. The molecule has 0 aliphatic rings. The van der Waals surface area contributed by atoms with Crippen LogP contribution in [-0.4, -0.2) is 4.98 Å². The molecule has 2 rings (SSSR count). The third-order valence-electron chi connectivity index (χ3n) is 2.14. The molecule has 0 aliphatic carbocycles. The lowest BCUT2D eigenvalue weighted by Crippen LogP contribution is -1.96. The van der Waals surface area contributed by atoms with Gasteiger partial charge in [0.2, 0.25) is 0 Å². The van der Waals surface area contributed by atoms with Gasteiger partial charge >= 0.3 is 0 Å². The van der Waals surface area contributed by atoms with Crippen LogP contribution in [0.5, 0.6) is 0 Å². The summed E-state index contributed by atoms with van der Waals surface area (Å²) < 4.78 is 0. The molecule has 0 amide bonds. The van der Waals surface area contributed by atoms with Gasteiger partial charge in [-0.15, -0.1) is 0 Å². The van der Waals surface area contributed by atoms with E-state index in [1.54, 1.807) is 18.2 Å². The zero-order valence-corrected chi connectivity index (χ0v) is 9.62. The van der Waals surface area contributed by atoms with Gasteiger partial charge in [-0.05, 0) is 37.3 Å². The van der Waals surface area contributed by atoms with Crippen molar-refractivity contribution in [3.8, 4) is 0 Å². The number of hydrogen-bond acceptors (Lipinski definition) is 3. The minimum Gasteiger partial charge on any atom is -0.399 e. The molecule has 0 saturated carbocycles. The molecule has 0 unspecified atom stereocenters. The van der Waals surface area contributed by atoms with Crippen LogP contribution in [0.3, 0.4) is 0 Å². The Bertz CT molecular complexity index is 511. The van der Waals surface area contributed by atoms with E-state index < -0.39 is 0 Å². The minimum atomic E-state index is 0.623. The highest BCUT2D eigenvalue weighted by atomic mass is 35.5. The standard InChI is InChI=1S/C12H12ClN3/c1-8-3-2-4-12(15-8)16-11-7-9(14)5-6-10(11)13/h2-7H,14H2,1H3,(H,15,16). The third-order valence-corrected chi connectivity index (χ3v) is 2.47. The number of pyridine rings is 1. The monoisotopic (exact) mass is 233 g/mol. The normalized spacial score (nSPS) is 10.1. The van der Waals surface area contributed by atoms with Gasteiger partial charge < -0.3 is 11.1 Å². The molecular weight excluding hydrogens is 222 g/mol. The number of anilines is 3. The number of nitrogens with one attached hydrogen (secondary N) is 1. The predicted molar refractivity (Wildman–Crippen MR) is 68.1 cm³/mol. The Balaban J connectivity index is 2.30. The number of hydrogen-bond donors (Lipinski definition) is 2. The SMILES string of the molecule is Cc1cccc(Nc2cc(N)ccc2Cl)n1. The van der Waals surface area contributed by atoms with Crippen molar-refractivity contribution in [2.75, 3.05) is 11.1 Å². The number of halogens is 1. The second-order valence-corrected chi connectivity index (χ2v) is 3.94. The number of rotatable bonds is 2. The Morgan fingerprint density at radius 3 is 2.81 bits per heavy atom. The van der Waals surface area contributed by atoms with Crippen molar-refractivity contribution in [3.05, 3.63) is 47.1 Å². The first kappa shape index (κ1) is 10.8. The zero-order chi connectivity index (χ0) is 11.5. The Hall–Kier alpha value is -1.74. The van der Waals surface area contributed by atoms with Crippen LogP contribution < -0.4 is 11.1 Å². The molecule has 0 saturated heterocycles. The largest absolute Gasteiger partial charge is 0.399 e. The van der Waals surface area contributed by atoms with E-state index in [2.05, 4.69) is 10.3 Å². The maximum absolute atomic E-state index is 6.04. The topological polar surface area (TPSA) is 50.9 Å². The summed E-state index contributed by atoms with van der Waals surface area (Å²) in [5, 5.41) is 3.75. The predicted octanol–water partition coefficient (Wildman–Crippen LogP) is 3.37. The summed E-state index contributed by atoms with van der Waals surface area (Å²) in [4.78, 5) is 4.33. The van der Waals surface area contributed by atoms with E-state index in [9.17, 15) is 0 Å². The highest BCUT2D eigenvalue weighted by Gasteiger charge is 2.02. The first-order chi connectivity index (χ1) is 7.65. The van der Waals surface area contributed by atoms with Gasteiger partial charge in [0.15, 0.2) is 0 Å². The van der Waals surface area contributed by atoms with Crippen LogP contribution in [-0.2, 0) is 0 Å². The number of nitrogens with zero attached hydrogens (tertiary/aromatic N) is 1. The van der Waals surface area contributed by atoms with Crippen LogP contribution in [0, 0.1) is 6.92 Å². The van der Waals surface area contributed by atoms with Gasteiger partial charge in [0.1, 0.15) is 5.82 Å². The van der Waals surface area contributed by atoms with Crippen molar-refractivity contribution in [2.45, 2.75) is 6.92 Å². The van der Waals surface area contributed by atoms with Crippen LogP contribution in [0.4, 0.5) is 17.2 Å². The van der Waals surface area contributed by atoms with Gasteiger partial charge in [0.05, 0.1) is 10.7 Å². The summed E-state index contributed by atoms with van der Waals surface area (Å²) in [6, 6.07) is 11.1. The molecule has 0 fully saturated rings. The first-order valence-corrected chi connectivity index (χ1v) is 5.28. The fraction of sp³-hybridized carbons (Fsp3) is 0.0833. The van der Waals surface area contributed by atoms with E-state index in [-0.39, 0.29) is 0 Å². The smallest absolute Gasteiger partial charge is 0.130 e. The third kappa shape index (κ3) is 2.44. The van der Waals surface area contributed by atoms with Gasteiger partial charge in [0, 0.05) is 11.4 Å². The van der Waals surface area contributed by atoms with Crippen LogP contribution in [0.1, 0.15) is 5.69 Å². The van der Waals surface area contributed by atoms with Gasteiger partial charge in [-0.3, -0.25) is 0 Å². The molecule has 1 heterocycles. The molecule has 3 nitrogen and oxygen atoms in total. The van der Waals surface area contributed by atoms with Crippen molar-refractivity contribution in [2.24, 2.45) is 0 Å². The molecule has 1 aromatic carbocycles. The number of nitrogen functional groups attached to an aromatic ring is 1. The van der Waals surface area contributed by atoms with Crippen LogP contribution in [0.25, 0.3) is 0 Å². The van der Waals surface area contributed by atoms with Crippen molar-refractivity contribution in [1.82, 2.24) is 4.98 Å². The maximum atomic E-state index is 6.04. The number of aromatic nitrogens is 1. The molecule has 0 atom stereocenters. The fourth-order valence-corrected chi connectivity index (χ4v) is 1.55.